The Balaban J connectivity index is 1.37. The van der Waals surface area contributed by atoms with Crippen LogP contribution < -0.4 is 0 Å². The summed E-state index contributed by atoms with van der Waals surface area (Å²) < 4.78 is 0. The SMILES string of the molecule is O[C@@H]1Cc2ccccc2C[C@H]1N1CCC(N2CCCCC2)CC1. The smallest absolute Gasteiger partial charge is 0.0738 e. The lowest BCUT2D eigenvalue weighted by Gasteiger charge is -2.45. The van der Waals surface area contributed by atoms with Gasteiger partial charge in [0.05, 0.1) is 6.10 Å². The molecule has 23 heavy (non-hydrogen) atoms. The zero-order chi connectivity index (χ0) is 15.6. The standard InChI is InChI=1S/C20H30N2O/c23-20-15-17-7-3-2-6-16(17)14-19(20)22-12-8-18(9-13-22)21-10-4-1-5-11-21/h2-3,6-7,18-20,23H,1,4-5,8-15H2/t19-,20-/m1/s1. The minimum atomic E-state index is -0.198. The Morgan fingerprint density at radius 3 is 2.13 bits per heavy atom. The van der Waals surface area contributed by atoms with Crippen LogP contribution in [0.3, 0.4) is 0 Å². The number of hydrogen-bond donors (Lipinski definition) is 1. The number of rotatable bonds is 2. The van der Waals surface area contributed by atoms with E-state index in [4.69, 9.17) is 0 Å². The molecular weight excluding hydrogens is 284 g/mol. The van der Waals surface area contributed by atoms with Crippen molar-refractivity contribution in [3.63, 3.8) is 0 Å². The molecule has 3 aliphatic rings. The second kappa shape index (κ2) is 6.92. The average Bonchev–Trinajstić information content (AvgIpc) is 2.62. The van der Waals surface area contributed by atoms with E-state index < -0.39 is 0 Å². The van der Waals surface area contributed by atoms with Crippen LogP contribution in [-0.2, 0) is 12.8 Å². The fourth-order valence-corrected chi connectivity index (χ4v) is 4.92. The lowest BCUT2D eigenvalue weighted by molar-refractivity contribution is 0.0109. The minimum absolute atomic E-state index is 0.198. The van der Waals surface area contributed by atoms with Gasteiger partial charge < -0.3 is 10.0 Å². The van der Waals surface area contributed by atoms with E-state index in [1.165, 1.54) is 56.3 Å². The second-order valence-electron chi connectivity index (χ2n) is 7.68. The molecule has 3 heteroatoms. The normalized spacial score (nSPS) is 31.0. The molecule has 0 amide bonds. The summed E-state index contributed by atoms with van der Waals surface area (Å²) in [5.74, 6) is 0. The van der Waals surface area contributed by atoms with Crippen molar-refractivity contribution < 1.29 is 5.11 Å². The van der Waals surface area contributed by atoms with Crippen molar-refractivity contribution in [1.82, 2.24) is 9.80 Å². The molecule has 4 rings (SSSR count). The first-order valence-electron chi connectivity index (χ1n) is 9.54. The summed E-state index contributed by atoms with van der Waals surface area (Å²) in [5.41, 5.74) is 2.79. The summed E-state index contributed by atoms with van der Waals surface area (Å²) in [7, 11) is 0. The highest BCUT2D eigenvalue weighted by Crippen LogP contribution is 2.28. The molecular formula is C20H30N2O. The van der Waals surface area contributed by atoms with Crippen LogP contribution in [-0.4, -0.2) is 59.3 Å². The molecule has 2 atom stereocenters. The first-order valence-corrected chi connectivity index (χ1v) is 9.54. The van der Waals surface area contributed by atoms with Gasteiger partial charge in [0.15, 0.2) is 0 Å². The summed E-state index contributed by atoms with van der Waals surface area (Å²) in [6, 6.07) is 9.77. The van der Waals surface area contributed by atoms with Gasteiger partial charge in [0.2, 0.25) is 0 Å². The summed E-state index contributed by atoms with van der Waals surface area (Å²) in [4.78, 5) is 5.30. The predicted molar refractivity (Wildman–Crippen MR) is 93.7 cm³/mol. The highest BCUT2D eigenvalue weighted by Gasteiger charge is 2.34. The Hall–Kier alpha value is -0.900. The average molecular weight is 314 g/mol. The monoisotopic (exact) mass is 314 g/mol. The summed E-state index contributed by atoms with van der Waals surface area (Å²) >= 11 is 0. The number of nitrogens with zero attached hydrogens (tertiary/aromatic N) is 2. The van der Waals surface area contributed by atoms with Crippen molar-refractivity contribution >= 4 is 0 Å². The fraction of sp³-hybridized carbons (Fsp3) is 0.700. The van der Waals surface area contributed by atoms with Crippen LogP contribution in [0.25, 0.3) is 0 Å². The largest absolute Gasteiger partial charge is 0.391 e. The lowest BCUT2D eigenvalue weighted by Crippen LogP contribution is -2.54. The number of aliphatic hydroxyl groups excluding tert-OH is 1. The number of benzene rings is 1. The predicted octanol–water partition coefficient (Wildman–Crippen LogP) is 2.47. The van der Waals surface area contributed by atoms with Crippen molar-refractivity contribution in [3.05, 3.63) is 35.4 Å². The third-order valence-corrected chi connectivity index (χ3v) is 6.30. The molecule has 0 unspecified atom stereocenters. The first kappa shape index (κ1) is 15.6. The van der Waals surface area contributed by atoms with E-state index >= 15 is 0 Å². The van der Waals surface area contributed by atoms with Gasteiger partial charge in [-0.25, -0.2) is 0 Å². The topological polar surface area (TPSA) is 26.7 Å². The van der Waals surface area contributed by atoms with E-state index in [2.05, 4.69) is 34.1 Å². The number of aliphatic hydroxyl groups is 1. The van der Waals surface area contributed by atoms with Gasteiger partial charge in [0.1, 0.15) is 0 Å². The number of fused-ring (bicyclic) bond motifs is 1. The Labute approximate surface area is 140 Å². The lowest BCUT2D eigenvalue weighted by atomic mass is 9.84. The van der Waals surface area contributed by atoms with Crippen LogP contribution >= 0.6 is 0 Å². The van der Waals surface area contributed by atoms with E-state index in [0.717, 1.165) is 32.0 Å². The molecule has 2 aliphatic heterocycles. The summed E-state index contributed by atoms with van der Waals surface area (Å²) in [6.07, 6.45) is 8.41. The van der Waals surface area contributed by atoms with Crippen LogP contribution in [0.4, 0.5) is 0 Å². The maximum Gasteiger partial charge on any atom is 0.0738 e. The van der Waals surface area contributed by atoms with Gasteiger partial charge in [0.25, 0.3) is 0 Å². The van der Waals surface area contributed by atoms with Crippen molar-refractivity contribution in [1.29, 1.82) is 0 Å². The van der Waals surface area contributed by atoms with E-state index in [9.17, 15) is 5.11 Å². The molecule has 0 saturated carbocycles. The molecule has 1 N–H and O–H groups in total. The van der Waals surface area contributed by atoms with E-state index in [-0.39, 0.29) is 6.10 Å². The van der Waals surface area contributed by atoms with Gasteiger partial charge >= 0.3 is 0 Å². The van der Waals surface area contributed by atoms with Crippen molar-refractivity contribution in [2.24, 2.45) is 0 Å². The molecule has 1 aromatic rings. The second-order valence-corrected chi connectivity index (χ2v) is 7.68. The van der Waals surface area contributed by atoms with Crippen molar-refractivity contribution in [2.75, 3.05) is 26.2 Å². The van der Waals surface area contributed by atoms with Gasteiger partial charge in [-0.3, -0.25) is 4.90 Å². The maximum atomic E-state index is 10.6. The number of hydrogen-bond acceptors (Lipinski definition) is 3. The van der Waals surface area contributed by atoms with E-state index in [1.54, 1.807) is 0 Å². The third-order valence-electron chi connectivity index (χ3n) is 6.30. The molecule has 1 aromatic carbocycles. The molecule has 0 bridgehead atoms. The molecule has 2 fully saturated rings. The number of likely N-dealkylation sites (tertiary alicyclic amines) is 2. The van der Waals surface area contributed by atoms with Gasteiger partial charge in [0, 0.05) is 31.6 Å². The molecule has 2 heterocycles. The van der Waals surface area contributed by atoms with Crippen LogP contribution in [0.1, 0.15) is 43.2 Å². The maximum absolute atomic E-state index is 10.6. The molecule has 2 saturated heterocycles. The van der Waals surface area contributed by atoms with Gasteiger partial charge in [-0.05, 0) is 56.3 Å². The Bertz CT molecular complexity index is 518. The molecule has 1 aliphatic carbocycles. The van der Waals surface area contributed by atoms with Crippen molar-refractivity contribution in [3.8, 4) is 0 Å². The Morgan fingerprint density at radius 1 is 0.783 bits per heavy atom. The van der Waals surface area contributed by atoms with Crippen LogP contribution in [0.5, 0.6) is 0 Å². The molecule has 0 radical (unpaired) electrons. The summed E-state index contributed by atoms with van der Waals surface area (Å²) in [6.45, 7) is 4.93. The zero-order valence-electron chi connectivity index (χ0n) is 14.2. The first-order chi connectivity index (χ1) is 11.3. The molecule has 0 aromatic heterocycles. The van der Waals surface area contributed by atoms with Gasteiger partial charge in [-0.1, -0.05) is 30.7 Å². The highest BCUT2D eigenvalue weighted by molar-refractivity contribution is 5.31. The van der Waals surface area contributed by atoms with E-state index in [0.29, 0.717) is 6.04 Å². The highest BCUT2D eigenvalue weighted by atomic mass is 16.3. The van der Waals surface area contributed by atoms with Gasteiger partial charge in [-0.15, -0.1) is 0 Å². The van der Waals surface area contributed by atoms with Crippen LogP contribution in [0.2, 0.25) is 0 Å². The number of piperidine rings is 2. The van der Waals surface area contributed by atoms with Crippen molar-refractivity contribution in [2.45, 2.75) is 63.1 Å². The molecule has 0 spiro atoms. The molecule has 126 valence electrons. The minimum Gasteiger partial charge on any atom is -0.391 e. The quantitative estimate of drug-likeness (QED) is 0.908. The van der Waals surface area contributed by atoms with Crippen LogP contribution in [0.15, 0.2) is 24.3 Å². The van der Waals surface area contributed by atoms with Gasteiger partial charge in [-0.2, -0.15) is 0 Å². The zero-order valence-corrected chi connectivity index (χ0v) is 14.2. The molecule has 3 nitrogen and oxygen atoms in total. The summed E-state index contributed by atoms with van der Waals surface area (Å²) in [5, 5.41) is 10.6. The Kier molecular flexibility index (Phi) is 4.70. The fourth-order valence-electron chi connectivity index (χ4n) is 4.92. The Morgan fingerprint density at radius 2 is 1.43 bits per heavy atom. The van der Waals surface area contributed by atoms with E-state index in [1.807, 2.05) is 0 Å². The van der Waals surface area contributed by atoms with Crippen LogP contribution in [0, 0.1) is 0 Å². The third kappa shape index (κ3) is 3.33.